The monoisotopic (exact) mass is 304 g/mol. The van der Waals surface area contributed by atoms with Gasteiger partial charge in [-0.2, -0.15) is 0 Å². The zero-order valence-corrected chi connectivity index (χ0v) is 13.1. The minimum Gasteiger partial charge on any atom is -0.458 e. The van der Waals surface area contributed by atoms with Gasteiger partial charge in [-0.15, -0.1) is 0 Å². The Bertz CT molecular complexity index is 630. The fraction of sp³-hybridized carbons (Fsp3) is 0.500. The average molecular weight is 304 g/mol. The van der Waals surface area contributed by atoms with Gasteiger partial charge >= 0.3 is 5.97 Å². The summed E-state index contributed by atoms with van der Waals surface area (Å²) in [6, 6.07) is 5.77. The first-order chi connectivity index (χ1) is 10.3. The van der Waals surface area contributed by atoms with E-state index in [4.69, 9.17) is 4.74 Å². The van der Waals surface area contributed by atoms with E-state index in [1.54, 1.807) is 0 Å². The number of hydrogen-bond donors (Lipinski definition) is 0. The first-order valence-electron chi connectivity index (χ1n) is 7.51. The number of rotatable bonds is 3. The molecule has 21 heavy (non-hydrogen) atoms. The van der Waals surface area contributed by atoms with Crippen molar-refractivity contribution in [1.29, 1.82) is 0 Å². The Balaban J connectivity index is 1.84. The highest BCUT2D eigenvalue weighted by Gasteiger charge is 2.22. The normalized spacial score (nSPS) is 16.8. The maximum absolute atomic E-state index is 12.5. The summed E-state index contributed by atoms with van der Waals surface area (Å²) in [5.41, 5.74) is 1.25. The summed E-state index contributed by atoms with van der Waals surface area (Å²) in [4.78, 5) is 16.9. The number of esters is 1. The van der Waals surface area contributed by atoms with Gasteiger partial charge in [0, 0.05) is 6.20 Å². The summed E-state index contributed by atoms with van der Waals surface area (Å²) in [5.74, 6) is -0.286. The van der Waals surface area contributed by atoms with Crippen molar-refractivity contribution in [2.45, 2.75) is 49.8 Å². The highest BCUT2D eigenvalue weighted by Crippen LogP contribution is 2.24. The summed E-state index contributed by atoms with van der Waals surface area (Å²) >= 11 is 1.53. The van der Waals surface area contributed by atoms with E-state index in [1.165, 1.54) is 24.6 Å². The van der Waals surface area contributed by atoms with Gasteiger partial charge in [-0.1, -0.05) is 30.7 Å². The fourth-order valence-corrected chi connectivity index (χ4v) is 3.41. The molecule has 1 fully saturated rings. The molecule has 0 bridgehead atoms. The van der Waals surface area contributed by atoms with E-state index in [0.29, 0.717) is 5.69 Å². The van der Waals surface area contributed by atoms with Crippen LogP contribution < -0.4 is 0 Å². The van der Waals surface area contributed by atoms with Crippen LogP contribution in [-0.2, 0) is 4.74 Å². The molecular formula is C16H20N2O2S. The third kappa shape index (κ3) is 3.07. The third-order valence-corrected chi connectivity index (χ3v) is 4.62. The molecule has 0 aromatic carbocycles. The summed E-state index contributed by atoms with van der Waals surface area (Å²) in [7, 11) is 0. The Morgan fingerprint density at radius 1 is 1.29 bits per heavy atom. The predicted octanol–water partition coefficient (Wildman–Crippen LogP) is 3.94. The summed E-state index contributed by atoms with van der Waals surface area (Å²) in [6.07, 6.45) is 10.7. The number of imidazole rings is 1. The third-order valence-electron chi connectivity index (χ3n) is 3.97. The van der Waals surface area contributed by atoms with Crippen molar-refractivity contribution >= 4 is 23.2 Å². The quantitative estimate of drug-likeness (QED) is 0.489. The molecule has 2 aromatic rings. The molecule has 1 aliphatic rings. The Morgan fingerprint density at radius 3 is 2.76 bits per heavy atom. The molecular weight excluding hydrogens is 284 g/mol. The van der Waals surface area contributed by atoms with Gasteiger partial charge in [-0.05, 0) is 44.1 Å². The van der Waals surface area contributed by atoms with Gasteiger partial charge in [0.25, 0.3) is 0 Å². The van der Waals surface area contributed by atoms with Crippen molar-refractivity contribution in [3.63, 3.8) is 0 Å². The van der Waals surface area contributed by atoms with Crippen LogP contribution in [0.15, 0.2) is 29.6 Å². The number of carbonyl (C=O) groups excluding carboxylic acids is 1. The van der Waals surface area contributed by atoms with Gasteiger partial charge in [0.1, 0.15) is 6.10 Å². The Morgan fingerprint density at radius 2 is 2.05 bits per heavy atom. The molecule has 112 valence electrons. The molecule has 5 heteroatoms. The maximum atomic E-state index is 12.5. The Labute approximate surface area is 128 Å². The molecule has 0 unspecified atom stereocenters. The lowest BCUT2D eigenvalue weighted by atomic mass is 10.1. The number of aromatic nitrogens is 2. The van der Waals surface area contributed by atoms with E-state index < -0.39 is 0 Å². The number of fused-ring (bicyclic) bond motifs is 1. The minimum absolute atomic E-state index is 0.0539. The number of carbonyl (C=O) groups is 1. The van der Waals surface area contributed by atoms with E-state index in [-0.39, 0.29) is 12.1 Å². The second-order valence-electron chi connectivity index (χ2n) is 5.42. The van der Waals surface area contributed by atoms with Crippen LogP contribution in [-0.4, -0.2) is 27.7 Å². The molecule has 0 radical (unpaired) electrons. The lowest BCUT2D eigenvalue weighted by Gasteiger charge is -2.14. The van der Waals surface area contributed by atoms with Crippen molar-refractivity contribution in [2.75, 3.05) is 6.26 Å². The molecule has 0 amide bonds. The topological polar surface area (TPSA) is 43.6 Å². The van der Waals surface area contributed by atoms with Crippen LogP contribution in [0.5, 0.6) is 0 Å². The molecule has 0 N–H and O–H groups in total. The van der Waals surface area contributed by atoms with Crippen LogP contribution in [0, 0.1) is 0 Å². The molecule has 0 spiro atoms. The second-order valence-corrected chi connectivity index (χ2v) is 6.20. The largest absolute Gasteiger partial charge is 0.458 e. The average Bonchev–Trinajstić information content (AvgIpc) is 2.69. The molecule has 0 saturated heterocycles. The number of thioether (sulfide) groups is 1. The minimum atomic E-state index is -0.286. The molecule has 2 aromatic heterocycles. The van der Waals surface area contributed by atoms with Gasteiger partial charge in [0.15, 0.2) is 10.9 Å². The molecule has 1 saturated carbocycles. The van der Waals surface area contributed by atoms with Gasteiger partial charge in [0.05, 0.1) is 5.52 Å². The highest BCUT2D eigenvalue weighted by atomic mass is 32.2. The van der Waals surface area contributed by atoms with E-state index >= 15 is 0 Å². The van der Waals surface area contributed by atoms with Crippen LogP contribution in [0.2, 0.25) is 0 Å². The molecule has 0 atom stereocenters. The molecule has 1 aliphatic carbocycles. The van der Waals surface area contributed by atoms with Crippen molar-refractivity contribution < 1.29 is 9.53 Å². The van der Waals surface area contributed by atoms with Crippen molar-refractivity contribution in [1.82, 2.24) is 9.38 Å². The van der Waals surface area contributed by atoms with E-state index in [0.717, 1.165) is 36.4 Å². The molecule has 0 aliphatic heterocycles. The maximum Gasteiger partial charge on any atom is 0.359 e. The number of pyridine rings is 1. The second kappa shape index (κ2) is 6.52. The van der Waals surface area contributed by atoms with E-state index in [9.17, 15) is 4.79 Å². The first kappa shape index (κ1) is 14.4. The van der Waals surface area contributed by atoms with Gasteiger partial charge in [-0.3, -0.25) is 4.40 Å². The van der Waals surface area contributed by atoms with Crippen molar-refractivity contribution in [3.05, 3.63) is 30.1 Å². The van der Waals surface area contributed by atoms with Gasteiger partial charge < -0.3 is 4.74 Å². The molecule has 3 rings (SSSR count). The smallest absolute Gasteiger partial charge is 0.359 e. The zero-order chi connectivity index (χ0) is 14.7. The van der Waals surface area contributed by atoms with Crippen LogP contribution >= 0.6 is 11.8 Å². The van der Waals surface area contributed by atoms with Crippen LogP contribution in [0.1, 0.15) is 49.0 Å². The lowest BCUT2D eigenvalue weighted by Crippen LogP contribution is -2.18. The number of nitrogens with zero attached hydrogens (tertiary/aromatic N) is 2. The van der Waals surface area contributed by atoms with Crippen LogP contribution in [0.25, 0.3) is 5.52 Å². The fourth-order valence-electron chi connectivity index (χ4n) is 2.87. The van der Waals surface area contributed by atoms with Crippen molar-refractivity contribution in [2.24, 2.45) is 0 Å². The zero-order valence-electron chi connectivity index (χ0n) is 12.2. The Kier molecular flexibility index (Phi) is 4.48. The van der Waals surface area contributed by atoms with Crippen LogP contribution in [0.4, 0.5) is 0 Å². The first-order valence-corrected chi connectivity index (χ1v) is 8.74. The van der Waals surface area contributed by atoms with Gasteiger partial charge in [0.2, 0.25) is 0 Å². The Hall–Kier alpha value is -1.49. The van der Waals surface area contributed by atoms with Gasteiger partial charge in [-0.25, -0.2) is 9.78 Å². The summed E-state index contributed by atoms with van der Waals surface area (Å²) in [6.45, 7) is 0. The number of hydrogen-bond acceptors (Lipinski definition) is 4. The molecule has 2 heterocycles. The number of ether oxygens (including phenoxy) is 1. The lowest BCUT2D eigenvalue weighted by molar-refractivity contribution is 0.0263. The standard InChI is InChI=1S/C16H20N2O2S/c1-21-16-17-14(13-10-6-7-11-18(13)16)15(19)20-12-8-4-2-3-5-9-12/h6-7,10-12H,2-5,8-9H2,1H3. The van der Waals surface area contributed by atoms with E-state index in [1.807, 2.05) is 35.1 Å². The van der Waals surface area contributed by atoms with Crippen molar-refractivity contribution in [3.8, 4) is 0 Å². The SMILES string of the molecule is CSc1nc(C(=O)OC2CCCCCC2)c2ccccn12. The molecule has 4 nitrogen and oxygen atoms in total. The van der Waals surface area contributed by atoms with E-state index in [2.05, 4.69) is 4.98 Å². The van der Waals surface area contributed by atoms with Crippen LogP contribution in [0.3, 0.4) is 0 Å². The predicted molar refractivity (Wildman–Crippen MR) is 83.9 cm³/mol. The highest BCUT2D eigenvalue weighted by molar-refractivity contribution is 7.98. The summed E-state index contributed by atoms with van der Waals surface area (Å²) in [5, 5.41) is 0.818. The summed E-state index contributed by atoms with van der Waals surface area (Å²) < 4.78 is 7.64.